The summed E-state index contributed by atoms with van der Waals surface area (Å²) in [5.74, 6) is 1.73. The van der Waals surface area contributed by atoms with Crippen LogP contribution in [-0.2, 0) is 6.42 Å². The predicted octanol–water partition coefficient (Wildman–Crippen LogP) is 3.45. The molecule has 2 aromatic carbocycles. The highest BCUT2D eigenvalue weighted by Gasteiger charge is 2.12. The van der Waals surface area contributed by atoms with Crippen LogP contribution in [0.4, 0.5) is 0 Å². The molecule has 0 saturated heterocycles. The molecule has 5 nitrogen and oxygen atoms in total. The van der Waals surface area contributed by atoms with E-state index in [-0.39, 0.29) is 5.91 Å². The number of hydrogen-bond donors (Lipinski definition) is 1. The minimum Gasteiger partial charge on any atom is -0.496 e. The molecule has 0 radical (unpaired) electrons. The highest BCUT2D eigenvalue weighted by atomic mass is 79.9. The lowest BCUT2D eigenvalue weighted by Crippen LogP contribution is -2.26. The first-order valence-electron chi connectivity index (χ1n) is 7.41. The molecule has 0 unspecified atom stereocenters. The summed E-state index contributed by atoms with van der Waals surface area (Å²) in [6.07, 6.45) is 0.683. The van der Waals surface area contributed by atoms with Crippen molar-refractivity contribution in [1.82, 2.24) is 5.32 Å². The molecule has 2 rings (SSSR count). The Labute approximate surface area is 150 Å². The van der Waals surface area contributed by atoms with Crippen molar-refractivity contribution in [3.63, 3.8) is 0 Å². The van der Waals surface area contributed by atoms with Crippen LogP contribution in [0, 0.1) is 0 Å². The van der Waals surface area contributed by atoms with Crippen molar-refractivity contribution >= 4 is 21.8 Å². The standard InChI is InChI=1S/C18H20BrNO4/c1-22-15-7-5-13(19)11-14(15)18(21)20-9-8-12-4-6-16(23-2)17(10-12)24-3/h4-7,10-11H,8-9H2,1-3H3,(H,20,21). The summed E-state index contributed by atoms with van der Waals surface area (Å²) in [7, 11) is 4.75. The first-order chi connectivity index (χ1) is 11.6. The topological polar surface area (TPSA) is 56.8 Å². The molecule has 0 bridgehead atoms. The predicted molar refractivity (Wildman–Crippen MR) is 96.3 cm³/mol. The Kier molecular flexibility index (Phi) is 6.49. The Morgan fingerprint density at radius 2 is 1.62 bits per heavy atom. The Balaban J connectivity index is 1.99. The number of hydrogen-bond acceptors (Lipinski definition) is 4. The SMILES string of the molecule is COc1ccc(CCNC(=O)c2cc(Br)ccc2OC)cc1OC. The molecule has 6 heteroatoms. The lowest BCUT2D eigenvalue weighted by molar-refractivity contribution is 0.0951. The van der Waals surface area contributed by atoms with Gasteiger partial charge in [0, 0.05) is 11.0 Å². The number of halogens is 1. The molecule has 0 fully saturated rings. The molecule has 2 aromatic rings. The molecule has 0 spiro atoms. The lowest BCUT2D eigenvalue weighted by Gasteiger charge is -2.11. The average molecular weight is 394 g/mol. The van der Waals surface area contributed by atoms with E-state index in [0.29, 0.717) is 35.8 Å². The zero-order valence-electron chi connectivity index (χ0n) is 13.9. The van der Waals surface area contributed by atoms with E-state index in [9.17, 15) is 4.79 Å². The van der Waals surface area contributed by atoms with Gasteiger partial charge in [-0.3, -0.25) is 4.79 Å². The van der Waals surface area contributed by atoms with Crippen LogP contribution in [0.15, 0.2) is 40.9 Å². The molecule has 0 aliphatic heterocycles. The number of carbonyl (C=O) groups excluding carboxylic acids is 1. The van der Waals surface area contributed by atoms with Gasteiger partial charge in [-0.1, -0.05) is 22.0 Å². The van der Waals surface area contributed by atoms with Gasteiger partial charge in [0.1, 0.15) is 5.75 Å². The van der Waals surface area contributed by atoms with Gasteiger partial charge in [0.2, 0.25) is 0 Å². The maximum atomic E-state index is 12.3. The smallest absolute Gasteiger partial charge is 0.255 e. The van der Waals surface area contributed by atoms with Gasteiger partial charge in [-0.25, -0.2) is 0 Å². The second kappa shape index (κ2) is 8.59. The fourth-order valence-electron chi connectivity index (χ4n) is 2.31. The Bertz CT molecular complexity index is 718. The zero-order chi connectivity index (χ0) is 17.5. The molecule has 0 atom stereocenters. The number of ether oxygens (including phenoxy) is 3. The molecule has 1 amide bonds. The monoisotopic (exact) mass is 393 g/mol. The molecular formula is C18H20BrNO4. The van der Waals surface area contributed by atoms with Gasteiger partial charge in [-0.05, 0) is 42.3 Å². The van der Waals surface area contributed by atoms with E-state index in [2.05, 4.69) is 21.2 Å². The lowest BCUT2D eigenvalue weighted by atomic mass is 10.1. The fourth-order valence-corrected chi connectivity index (χ4v) is 2.67. The normalized spacial score (nSPS) is 10.2. The van der Waals surface area contributed by atoms with Crippen LogP contribution in [0.3, 0.4) is 0 Å². The molecule has 0 saturated carbocycles. The van der Waals surface area contributed by atoms with Crippen molar-refractivity contribution < 1.29 is 19.0 Å². The summed E-state index contributed by atoms with van der Waals surface area (Å²) in [6, 6.07) is 11.0. The van der Waals surface area contributed by atoms with Gasteiger partial charge in [0.25, 0.3) is 5.91 Å². The average Bonchev–Trinajstić information content (AvgIpc) is 2.61. The first kappa shape index (κ1) is 18.1. The largest absolute Gasteiger partial charge is 0.496 e. The van der Waals surface area contributed by atoms with Crippen molar-refractivity contribution in [2.75, 3.05) is 27.9 Å². The first-order valence-corrected chi connectivity index (χ1v) is 8.21. The second-order valence-corrected chi connectivity index (χ2v) is 5.96. The third kappa shape index (κ3) is 4.41. The number of methoxy groups -OCH3 is 3. The highest BCUT2D eigenvalue weighted by molar-refractivity contribution is 9.10. The van der Waals surface area contributed by atoms with E-state index in [1.807, 2.05) is 24.3 Å². The summed E-state index contributed by atoms with van der Waals surface area (Å²) in [6.45, 7) is 0.504. The van der Waals surface area contributed by atoms with Gasteiger partial charge in [-0.15, -0.1) is 0 Å². The van der Waals surface area contributed by atoms with E-state index < -0.39 is 0 Å². The van der Waals surface area contributed by atoms with Gasteiger partial charge in [0.05, 0.1) is 26.9 Å². The number of benzene rings is 2. The maximum absolute atomic E-state index is 12.3. The van der Waals surface area contributed by atoms with Crippen LogP contribution in [0.1, 0.15) is 15.9 Å². The summed E-state index contributed by atoms with van der Waals surface area (Å²) in [5, 5.41) is 2.90. The Hall–Kier alpha value is -2.21. The summed E-state index contributed by atoms with van der Waals surface area (Å²) in [4.78, 5) is 12.3. The quantitative estimate of drug-likeness (QED) is 0.782. The molecule has 0 aliphatic rings. The third-order valence-electron chi connectivity index (χ3n) is 3.55. The Morgan fingerprint density at radius 1 is 0.958 bits per heavy atom. The molecule has 128 valence electrons. The Morgan fingerprint density at radius 3 is 2.29 bits per heavy atom. The summed E-state index contributed by atoms with van der Waals surface area (Å²) >= 11 is 3.37. The second-order valence-electron chi connectivity index (χ2n) is 5.04. The maximum Gasteiger partial charge on any atom is 0.255 e. The van der Waals surface area contributed by atoms with Crippen molar-refractivity contribution in [3.05, 3.63) is 52.0 Å². The molecular weight excluding hydrogens is 374 g/mol. The molecule has 0 aromatic heterocycles. The number of carbonyl (C=O) groups is 1. The minimum atomic E-state index is -0.173. The van der Waals surface area contributed by atoms with E-state index in [0.717, 1.165) is 10.0 Å². The van der Waals surface area contributed by atoms with Crippen molar-refractivity contribution in [2.45, 2.75) is 6.42 Å². The van der Waals surface area contributed by atoms with Crippen LogP contribution in [0.25, 0.3) is 0 Å². The number of nitrogens with one attached hydrogen (secondary N) is 1. The van der Waals surface area contributed by atoms with Gasteiger partial charge < -0.3 is 19.5 Å². The van der Waals surface area contributed by atoms with E-state index in [1.165, 1.54) is 0 Å². The van der Waals surface area contributed by atoms with E-state index in [1.54, 1.807) is 33.5 Å². The van der Waals surface area contributed by atoms with Gasteiger partial charge >= 0.3 is 0 Å². The van der Waals surface area contributed by atoms with Gasteiger partial charge in [-0.2, -0.15) is 0 Å². The van der Waals surface area contributed by atoms with E-state index in [4.69, 9.17) is 14.2 Å². The number of amides is 1. The van der Waals surface area contributed by atoms with Crippen LogP contribution >= 0.6 is 15.9 Å². The fraction of sp³-hybridized carbons (Fsp3) is 0.278. The zero-order valence-corrected chi connectivity index (χ0v) is 15.5. The molecule has 0 aliphatic carbocycles. The number of rotatable bonds is 7. The molecule has 1 N–H and O–H groups in total. The minimum absolute atomic E-state index is 0.173. The van der Waals surface area contributed by atoms with Crippen molar-refractivity contribution in [3.8, 4) is 17.2 Å². The van der Waals surface area contributed by atoms with Crippen LogP contribution in [-0.4, -0.2) is 33.8 Å². The van der Waals surface area contributed by atoms with E-state index >= 15 is 0 Å². The van der Waals surface area contributed by atoms with Gasteiger partial charge in [0.15, 0.2) is 11.5 Å². The molecule has 0 heterocycles. The van der Waals surface area contributed by atoms with Crippen molar-refractivity contribution in [1.29, 1.82) is 0 Å². The summed E-state index contributed by atoms with van der Waals surface area (Å²) in [5.41, 5.74) is 1.55. The highest BCUT2D eigenvalue weighted by Crippen LogP contribution is 2.27. The van der Waals surface area contributed by atoms with Crippen LogP contribution in [0.5, 0.6) is 17.2 Å². The van der Waals surface area contributed by atoms with Crippen molar-refractivity contribution in [2.24, 2.45) is 0 Å². The van der Waals surface area contributed by atoms with Crippen LogP contribution < -0.4 is 19.5 Å². The van der Waals surface area contributed by atoms with Crippen LogP contribution in [0.2, 0.25) is 0 Å². The summed E-state index contributed by atoms with van der Waals surface area (Å²) < 4.78 is 16.6. The third-order valence-corrected chi connectivity index (χ3v) is 4.05. The molecule has 24 heavy (non-hydrogen) atoms.